The van der Waals surface area contributed by atoms with Crippen molar-refractivity contribution in [3.05, 3.63) is 42.0 Å². The fourth-order valence-corrected chi connectivity index (χ4v) is 3.52. The first-order valence-corrected chi connectivity index (χ1v) is 9.24. The molecule has 0 spiro atoms. The number of benzene rings is 1. The highest BCUT2D eigenvalue weighted by Crippen LogP contribution is 2.23. The molecule has 1 aromatic heterocycles. The molecular weight excluding hydrogens is 312 g/mol. The number of nitrogens with zero attached hydrogens (tertiary/aromatic N) is 6. The van der Waals surface area contributed by atoms with Crippen LogP contribution in [0.25, 0.3) is 0 Å². The third-order valence-electron chi connectivity index (χ3n) is 4.90. The smallest absolute Gasteiger partial charge is 0.146 e. The number of aryl methyl sites for hydroxylation is 1. The van der Waals surface area contributed by atoms with E-state index >= 15 is 0 Å². The van der Waals surface area contributed by atoms with Crippen molar-refractivity contribution in [2.45, 2.75) is 26.4 Å². The van der Waals surface area contributed by atoms with E-state index in [4.69, 9.17) is 0 Å². The van der Waals surface area contributed by atoms with Crippen molar-refractivity contribution in [1.82, 2.24) is 24.6 Å². The molecule has 0 saturated carbocycles. The van der Waals surface area contributed by atoms with Gasteiger partial charge < -0.3 is 9.47 Å². The summed E-state index contributed by atoms with van der Waals surface area (Å²) in [4.78, 5) is 7.41. The number of hydrogen-bond donors (Lipinski definition) is 0. The molecule has 25 heavy (non-hydrogen) atoms. The van der Waals surface area contributed by atoms with Crippen molar-refractivity contribution in [3.63, 3.8) is 0 Å². The molecule has 0 aliphatic carbocycles. The Hall–Kier alpha value is -1.92. The van der Waals surface area contributed by atoms with Crippen LogP contribution in [-0.2, 0) is 20.1 Å². The first kappa shape index (κ1) is 17.9. The second-order valence-electron chi connectivity index (χ2n) is 6.99. The van der Waals surface area contributed by atoms with Crippen LogP contribution < -0.4 is 4.90 Å². The minimum Gasteiger partial charge on any atom is -0.369 e. The van der Waals surface area contributed by atoms with Gasteiger partial charge in [0.15, 0.2) is 0 Å². The lowest BCUT2D eigenvalue weighted by atomic mass is 10.1. The summed E-state index contributed by atoms with van der Waals surface area (Å²) in [6.45, 7) is 9.75. The lowest BCUT2D eigenvalue weighted by Gasteiger charge is -2.37. The van der Waals surface area contributed by atoms with Crippen LogP contribution in [0, 0.1) is 0 Å². The minimum atomic E-state index is 0.801. The van der Waals surface area contributed by atoms with Gasteiger partial charge in [-0.05, 0) is 31.6 Å². The van der Waals surface area contributed by atoms with Crippen LogP contribution in [0.3, 0.4) is 0 Å². The molecule has 0 radical (unpaired) electrons. The molecule has 0 atom stereocenters. The van der Waals surface area contributed by atoms with E-state index in [1.54, 1.807) is 6.33 Å². The summed E-state index contributed by atoms with van der Waals surface area (Å²) in [5.41, 5.74) is 2.76. The maximum absolute atomic E-state index is 4.19. The van der Waals surface area contributed by atoms with Gasteiger partial charge in [-0.3, -0.25) is 9.80 Å². The average molecular weight is 342 g/mol. The van der Waals surface area contributed by atoms with Crippen molar-refractivity contribution < 1.29 is 0 Å². The summed E-state index contributed by atoms with van der Waals surface area (Å²) < 4.78 is 1.98. The van der Waals surface area contributed by atoms with E-state index in [1.165, 1.54) is 24.2 Å². The Kier molecular flexibility index (Phi) is 6.04. The van der Waals surface area contributed by atoms with Crippen molar-refractivity contribution in [1.29, 1.82) is 0 Å². The van der Waals surface area contributed by atoms with Crippen molar-refractivity contribution in [3.8, 4) is 0 Å². The summed E-state index contributed by atoms with van der Waals surface area (Å²) in [6.07, 6.45) is 3.00. The summed E-state index contributed by atoms with van der Waals surface area (Å²) in [5, 5.41) is 8.16. The minimum absolute atomic E-state index is 0.801. The summed E-state index contributed by atoms with van der Waals surface area (Å²) in [6, 6.07) is 8.81. The third-order valence-corrected chi connectivity index (χ3v) is 4.90. The van der Waals surface area contributed by atoms with Gasteiger partial charge in [0, 0.05) is 45.5 Å². The van der Waals surface area contributed by atoms with E-state index in [0.29, 0.717) is 0 Å². The molecule has 0 N–H and O–H groups in total. The number of hydrogen-bond acceptors (Lipinski definition) is 5. The van der Waals surface area contributed by atoms with Crippen LogP contribution in [0.2, 0.25) is 0 Å². The Bertz CT molecular complexity index is 659. The molecule has 1 saturated heterocycles. The molecule has 0 unspecified atom stereocenters. The topological polar surface area (TPSA) is 40.4 Å². The fraction of sp³-hybridized carbons (Fsp3) is 0.579. The standard InChI is InChI=1S/C19H30N6/c1-4-9-24-10-12-25(13-11-24)18-8-6-5-7-17(18)14-22(2)15-19-21-20-16-23(19)3/h5-8,16H,4,9-15H2,1-3H3. The van der Waals surface area contributed by atoms with Gasteiger partial charge in [0.2, 0.25) is 0 Å². The molecule has 0 bridgehead atoms. The number of rotatable bonds is 7. The van der Waals surface area contributed by atoms with Crippen LogP contribution >= 0.6 is 0 Å². The first-order valence-electron chi connectivity index (χ1n) is 9.24. The SMILES string of the molecule is CCCN1CCN(c2ccccc2CN(C)Cc2nncn2C)CC1. The highest BCUT2D eigenvalue weighted by atomic mass is 15.3. The van der Waals surface area contributed by atoms with E-state index in [9.17, 15) is 0 Å². The monoisotopic (exact) mass is 342 g/mol. The van der Waals surface area contributed by atoms with Crippen molar-refractivity contribution in [2.24, 2.45) is 7.05 Å². The van der Waals surface area contributed by atoms with Gasteiger partial charge >= 0.3 is 0 Å². The molecule has 6 nitrogen and oxygen atoms in total. The molecule has 3 rings (SSSR count). The van der Waals surface area contributed by atoms with Gasteiger partial charge in [0.25, 0.3) is 0 Å². The highest BCUT2D eigenvalue weighted by molar-refractivity contribution is 5.54. The molecule has 1 aliphatic heterocycles. The number of anilines is 1. The zero-order valence-electron chi connectivity index (χ0n) is 15.7. The zero-order valence-corrected chi connectivity index (χ0v) is 15.7. The zero-order chi connectivity index (χ0) is 17.6. The van der Waals surface area contributed by atoms with Gasteiger partial charge in [0.1, 0.15) is 12.2 Å². The normalized spacial score (nSPS) is 15.9. The van der Waals surface area contributed by atoms with E-state index in [2.05, 4.69) is 63.1 Å². The number of para-hydroxylation sites is 1. The summed E-state index contributed by atoms with van der Waals surface area (Å²) in [7, 11) is 4.14. The quantitative estimate of drug-likeness (QED) is 0.769. The maximum atomic E-state index is 4.19. The maximum Gasteiger partial charge on any atom is 0.146 e. The fourth-order valence-electron chi connectivity index (χ4n) is 3.52. The molecule has 136 valence electrons. The predicted molar refractivity (Wildman–Crippen MR) is 102 cm³/mol. The van der Waals surface area contributed by atoms with Gasteiger partial charge in [-0.1, -0.05) is 25.1 Å². The predicted octanol–water partition coefficient (Wildman–Crippen LogP) is 1.98. The Labute approximate surface area is 151 Å². The Morgan fingerprint density at radius 3 is 2.52 bits per heavy atom. The number of piperazine rings is 1. The third kappa shape index (κ3) is 4.58. The molecule has 1 aliphatic rings. The van der Waals surface area contributed by atoms with E-state index in [-0.39, 0.29) is 0 Å². The van der Waals surface area contributed by atoms with E-state index < -0.39 is 0 Å². The molecule has 0 amide bonds. The van der Waals surface area contributed by atoms with Crippen molar-refractivity contribution in [2.75, 3.05) is 44.7 Å². The highest BCUT2D eigenvalue weighted by Gasteiger charge is 2.19. The van der Waals surface area contributed by atoms with Crippen LogP contribution in [-0.4, -0.2) is 64.3 Å². The summed E-state index contributed by atoms with van der Waals surface area (Å²) in [5.74, 6) is 0.994. The Morgan fingerprint density at radius 1 is 1.08 bits per heavy atom. The second-order valence-corrected chi connectivity index (χ2v) is 6.99. The molecular formula is C19H30N6. The Balaban J connectivity index is 1.64. The van der Waals surface area contributed by atoms with E-state index in [1.807, 2.05) is 11.6 Å². The summed E-state index contributed by atoms with van der Waals surface area (Å²) >= 11 is 0. The molecule has 2 aromatic rings. The van der Waals surface area contributed by atoms with Crippen LogP contribution in [0.1, 0.15) is 24.7 Å². The molecule has 2 heterocycles. The first-order chi connectivity index (χ1) is 12.2. The second kappa shape index (κ2) is 8.45. The van der Waals surface area contributed by atoms with Crippen LogP contribution in [0.5, 0.6) is 0 Å². The lowest BCUT2D eigenvalue weighted by molar-refractivity contribution is 0.257. The Morgan fingerprint density at radius 2 is 1.84 bits per heavy atom. The lowest BCUT2D eigenvalue weighted by Crippen LogP contribution is -2.46. The number of aromatic nitrogens is 3. The van der Waals surface area contributed by atoms with Gasteiger partial charge in [-0.15, -0.1) is 10.2 Å². The molecule has 1 aromatic carbocycles. The van der Waals surface area contributed by atoms with Gasteiger partial charge in [-0.2, -0.15) is 0 Å². The van der Waals surface area contributed by atoms with Gasteiger partial charge in [0.05, 0.1) is 6.54 Å². The molecule has 1 fully saturated rings. The van der Waals surface area contributed by atoms with Crippen LogP contribution in [0.4, 0.5) is 5.69 Å². The van der Waals surface area contributed by atoms with Crippen LogP contribution in [0.15, 0.2) is 30.6 Å². The molecule has 6 heteroatoms. The van der Waals surface area contributed by atoms with E-state index in [0.717, 1.165) is 45.1 Å². The van der Waals surface area contributed by atoms with Crippen molar-refractivity contribution >= 4 is 5.69 Å². The van der Waals surface area contributed by atoms with Gasteiger partial charge in [-0.25, -0.2) is 0 Å². The average Bonchev–Trinajstić information content (AvgIpc) is 3.01. The largest absolute Gasteiger partial charge is 0.369 e.